The Morgan fingerprint density at radius 1 is 1.14 bits per heavy atom. The van der Waals surface area contributed by atoms with E-state index < -0.39 is 0 Å². The van der Waals surface area contributed by atoms with E-state index in [0.717, 1.165) is 31.2 Å². The molecule has 0 aliphatic heterocycles. The van der Waals surface area contributed by atoms with Gasteiger partial charge in [0.05, 0.1) is 13.1 Å². The Hall–Kier alpha value is -1.65. The Morgan fingerprint density at radius 3 is 2.64 bits per heavy atom. The largest absolute Gasteiger partial charge is 0.357 e. The number of halogens is 1. The third-order valence-electron chi connectivity index (χ3n) is 3.81. The van der Waals surface area contributed by atoms with Crippen LogP contribution in [0, 0.1) is 0 Å². The predicted molar refractivity (Wildman–Crippen MR) is 129 cm³/mol. The van der Waals surface area contributed by atoms with Crippen LogP contribution >= 0.6 is 35.3 Å². The van der Waals surface area contributed by atoms with Crippen molar-refractivity contribution in [2.24, 2.45) is 4.99 Å². The number of carbonyl (C=O) groups is 1. The van der Waals surface area contributed by atoms with E-state index in [4.69, 9.17) is 0 Å². The monoisotopic (exact) mass is 515 g/mol. The van der Waals surface area contributed by atoms with Crippen molar-refractivity contribution >= 4 is 47.2 Å². The summed E-state index contributed by atoms with van der Waals surface area (Å²) in [6.07, 6.45) is 0. The fraction of sp³-hybridized carbons (Fsp3) is 0.400. The molecule has 0 atom stereocenters. The Kier molecular flexibility index (Phi) is 11.8. The highest BCUT2D eigenvalue weighted by Crippen LogP contribution is 2.08. The molecule has 1 amide bonds. The van der Waals surface area contributed by atoms with E-state index in [-0.39, 0.29) is 29.9 Å². The van der Waals surface area contributed by atoms with Crippen LogP contribution in [0.4, 0.5) is 0 Å². The average molecular weight is 515 g/mol. The smallest absolute Gasteiger partial charge is 0.251 e. The quantitative estimate of drug-likeness (QED) is 0.273. The van der Waals surface area contributed by atoms with Crippen molar-refractivity contribution in [1.29, 1.82) is 0 Å². The van der Waals surface area contributed by atoms with Gasteiger partial charge in [-0.3, -0.25) is 4.79 Å². The van der Waals surface area contributed by atoms with Gasteiger partial charge in [-0.05, 0) is 50.2 Å². The fourth-order valence-corrected chi connectivity index (χ4v) is 3.05. The molecule has 0 aliphatic rings. The minimum Gasteiger partial charge on any atom is -0.357 e. The molecule has 0 bridgehead atoms. The number of likely N-dealkylation sites (N-methyl/N-ethyl adjacent to an activating group) is 1. The van der Waals surface area contributed by atoms with Crippen LogP contribution in [0.3, 0.4) is 0 Å². The van der Waals surface area contributed by atoms with Crippen LogP contribution in [0.5, 0.6) is 0 Å². The summed E-state index contributed by atoms with van der Waals surface area (Å²) in [6.45, 7) is 5.55. The first-order valence-corrected chi connectivity index (χ1v) is 10.0. The minimum atomic E-state index is -0.0505. The van der Waals surface area contributed by atoms with E-state index in [2.05, 4.69) is 32.4 Å². The molecule has 0 saturated heterocycles. The lowest BCUT2D eigenvalue weighted by Crippen LogP contribution is -2.36. The van der Waals surface area contributed by atoms with Gasteiger partial charge in [0.25, 0.3) is 5.91 Å². The molecule has 0 aliphatic carbocycles. The Bertz CT molecular complexity index is 734. The Balaban J connectivity index is 0.00000392. The van der Waals surface area contributed by atoms with E-state index >= 15 is 0 Å². The van der Waals surface area contributed by atoms with Gasteiger partial charge in [0.2, 0.25) is 0 Å². The van der Waals surface area contributed by atoms with Crippen LogP contribution in [0.1, 0.15) is 27.7 Å². The summed E-state index contributed by atoms with van der Waals surface area (Å²) in [7, 11) is 3.97. The van der Waals surface area contributed by atoms with Crippen LogP contribution in [0.25, 0.3) is 0 Å². The molecule has 0 fully saturated rings. The molecule has 1 heterocycles. The summed E-state index contributed by atoms with van der Waals surface area (Å²) in [4.78, 5) is 20.2. The van der Waals surface area contributed by atoms with Gasteiger partial charge in [-0.1, -0.05) is 18.2 Å². The lowest BCUT2D eigenvalue weighted by atomic mass is 10.1. The van der Waals surface area contributed by atoms with Crippen LogP contribution in [-0.2, 0) is 13.1 Å². The van der Waals surface area contributed by atoms with Crippen LogP contribution in [0.15, 0.2) is 46.8 Å². The maximum absolute atomic E-state index is 12.3. The molecule has 0 unspecified atom stereocenters. The maximum atomic E-state index is 12.3. The molecular formula is C20H30IN5OS. The summed E-state index contributed by atoms with van der Waals surface area (Å²) in [5.41, 5.74) is 1.67. The molecule has 6 nitrogen and oxygen atoms in total. The molecule has 154 valence electrons. The van der Waals surface area contributed by atoms with Gasteiger partial charge in [0.1, 0.15) is 0 Å². The highest BCUT2D eigenvalue weighted by molar-refractivity contribution is 14.0. The van der Waals surface area contributed by atoms with Gasteiger partial charge in [-0.15, -0.1) is 35.3 Å². The number of aliphatic imine (C=N–C) groups is 1. The van der Waals surface area contributed by atoms with Crippen molar-refractivity contribution in [3.63, 3.8) is 0 Å². The topological polar surface area (TPSA) is 68.8 Å². The predicted octanol–water partition coefficient (Wildman–Crippen LogP) is 2.91. The lowest BCUT2D eigenvalue weighted by Gasteiger charge is -2.11. The summed E-state index contributed by atoms with van der Waals surface area (Å²) in [6, 6.07) is 11.8. The number of carbonyl (C=O) groups excluding carboxylic acids is 1. The number of nitrogens with zero attached hydrogens (tertiary/aromatic N) is 2. The van der Waals surface area contributed by atoms with E-state index in [9.17, 15) is 4.79 Å². The van der Waals surface area contributed by atoms with Crippen LogP contribution in [-0.4, -0.2) is 50.5 Å². The third-order valence-corrected chi connectivity index (χ3v) is 4.68. The second-order valence-corrected chi connectivity index (χ2v) is 7.42. The zero-order valence-electron chi connectivity index (χ0n) is 16.7. The van der Waals surface area contributed by atoms with E-state index in [0.29, 0.717) is 18.7 Å². The molecular weight excluding hydrogens is 485 g/mol. The van der Waals surface area contributed by atoms with Crippen LogP contribution < -0.4 is 16.0 Å². The standard InChI is InChI=1S/C20H29N5OS.HI/c1-4-21-20(24-15-18-9-6-12-27-18)23-14-16-7-5-8-17(13-16)19(26)22-10-11-25(2)3;/h5-9,12-13H,4,10-11,14-15H2,1-3H3,(H,22,26)(H2,21,23,24);1H. The maximum Gasteiger partial charge on any atom is 0.251 e. The molecule has 3 N–H and O–H groups in total. The fourth-order valence-electron chi connectivity index (χ4n) is 2.40. The van der Waals surface area contributed by atoms with Crippen LogP contribution in [0.2, 0.25) is 0 Å². The van der Waals surface area contributed by atoms with Crippen molar-refractivity contribution in [1.82, 2.24) is 20.9 Å². The molecule has 0 spiro atoms. The number of nitrogens with one attached hydrogen (secondary N) is 3. The normalized spacial score (nSPS) is 11.1. The first-order chi connectivity index (χ1) is 13.1. The molecule has 2 aromatic rings. The minimum absolute atomic E-state index is 0. The summed E-state index contributed by atoms with van der Waals surface area (Å²) in [5.74, 6) is 0.720. The summed E-state index contributed by atoms with van der Waals surface area (Å²) in [5, 5.41) is 11.6. The molecule has 1 aromatic heterocycles. The van der Waals surface area contributed by atoms with Gasteiger partial charge < -0.3 is 20.9 Å². The SMILES string of the molecule is CCNC(=NCc1cccc(C(=O)NCCN(C)C)c1)NCc1cccs1.I. The van der Waals surface area contributed by atoms with Crippen molar-refractivity contribution in [3.05, 3.63) is 57.8 Å². The Morgan fingerprint density at radius 2 is 1.96 bits per heavy atom. The number of guanidine groups is 1. The van der Waals surface area contributed by atoms with Gasteiger partial charge >= 0.3 is 0 Å². The van der Waals surface area contributed by atoms with Gasteiger partial charge in [-0.2, -0.15) is 0 Å². The number of amides is 1. The van der Waals surface area contributed by atoms with Crippen molar-refractivity contribution in [3.8, 4) is 0 Å². The lowest BCUT2D eigenvalue weighted by molar-refractivity contribution is 0.0951. The van der Waals surface area contributed by atoms with Gasteiger partial charge in [-0.25, -0.2) is 4.99 Å². The number of rotatable bonds is 9. The van der Waals surface area contributed by atoms with Gasteiger partial charge in [0, 0.05) is 30.1 Å². The number of thiophene rings is 1. The van der Waals surface area contributed by atoms with Gasteiger partial charge in [0.15, 0.2) is 5.96 Å². The second kappa shape index (κ2) is 13.5. The summed E-state index contributed by atoms with van der Waals surface area (Å²) >= 11 is 1.72. The van der Waals surface area contributed by atoms with Crippen molar-refractivity contribution in [2.45, 2.75) is 20.0 Å². The zero-order valence-corrected chi connectivity index (χ0v) is 19.8. The van der Waals surface area contributed by atoms with E-state index in [1.54, 1.807) is 11.3 Å². The van der Waals surface area contributed by atoms with Crippen molar-refractivity contribution < 1.29 is 4.79 Å². The molecule has 0 saturated carbocycles. The second-order valence-electron chi connectivity index (χ2n) is 6.39. The average Bonchev–Trinajstić information content (AvgIpc) is 3.17. The molecule has 28 heavy (non-hydrogen) atoms. The summed E-state index contributed by atoms with van der Waals surface area (Å²) < 4.78 is 0. The molecule has 8 heteroatoms. The highest BCUT2D eigenvalue weighted by atomic mass is 127. The zero-order chi connectivity index (χ0) is 19.5. The number of hydrogen-bond acceptors (Lipinski definition) is 4. The molecule has 0 radical (unpaired) electrons. The number of hydrogen-bond donors (Lipinski definition) is 3. The molecule has 2 rings (SSSR count). The number of benzene rings is 1. The third kappa shape index (κ3) is 9.03. The van der Waals surface area contributed by atoms with E-state index in [1.165, 1.54) is 4.88 Å². The van der Waals surface area contributed by atoms with E-state index in [1.807, 2.05) is 56.3 Å². The highest BCUT2D eigenvalue weighted by Gasteiger charge is 2.06. The first kappa shape index (κ1) is 24.4. The molecule has 1 aromatic carbocycles. The van der Waals surface area contributed by atoms with Crippen molar-refractivity contribution in [2.75, 3.05) is 33.7 Å². The first-order valence-electron chi connectivity index (χ1n) is 9.15. The Labute approximate surface area is 188 Å².